The quantitative estimate of drug-likeness (QED) is 0.847. The first-order chi connectivity index (χ1) is 11.0. The van der Waals surface area contributed by atoms with Crippen molar-refractivity contribution in [1.82, 2.24) is 9.88 Å². The first-order valence-corrected chi connectivity index (χ1v) is 9.38. The van der Waals surface area contributed by atoms with E-state index in [0.29, 0.717) is 18.4 Å². The van der Waals surface area contributed by atoms with E-state index in [2.05, 4.69) is 17.3 Å². The highest BCUT2D eigenvalue weighted by Crippen LogP contribution is 2.43. The maximum atomic E-state index is 12.3. The predicted octanol–water partition coefficient (Wildman–Crippen LogP) is 2.38. The van der Waals surface area contributed by atoms with E-state index in [1.165, 1.54) is 0 Å². The van der Waals surface area contributed by atoms with Crippen molar-refractivity contribution >= 4 is 17.2 Å². The van der Waals surface area contributed by atoms with Crippen LogP contribution in [0.4, 0.5) is 0 Å². The van der Waals surface area contributed by atoms with Gasteiger partial charge in [0.1, 0.15) is 5.60 Å². The van der Waals surface area contributed by atoms with Gasteiger partial charge in [-0.1, -0.05) is 6.92 Å². The molecule has 0 aromatic carbocycles. The summed E-state index contributed by atoms with van der Waals surface area (Å²) in [5.74, 6) is 1.17. The van der Waals surface area contributed by atoms with Gasteiger partial charge in [0.2, 0.25) is 5.91 Å². The van der Waals surface area contributed by atoms with Crippen molar-refractivity contribution < 1.29 is 14.3 Å². The van der Waals surface area contributed by atoms with Crippen molar-refractivity contribution in [2.75, 3.05) is 19.7 Å². The fourth-order valence-corrected chi connectivity index (χ4v) is 4.33. The molecule has 23 heavy (non-hydrogen) atoms. The van der Waals surface area contributed by atoms with Crippen molar-refractivity contribution in [3.8, 4) is 0 Å². The number of amides is 1. The molecule has 4 rings (SSSR count). The summed E-state index contributed by atoms with van der Waals surface area (Å²) < 4.78 is 12.1. The molecular weight excluding hydrogens is 312 g/mol. The molecule has 1 amide bonds. The number of likely N-dealkylation sites (tertiary alicyclic amines) is 1. The van der Waals surface area contributed by atoms with E-state index in [1.807, 2.05) is 11.8 Å². The molecule has 3 heterocycles. The molecule has 3 aliphatic rings. The van der Waals surface area contributed by atoms with Crippen LogP contribution in [0.5, 0.6) is 0 Å². The van der Waals surface area contributed by atoms with Crippen LogP contribution in [-0.4, -0.2) is 47.2 Å². The van der Waals surface area contributed by atoms with E-state index in [-0.39, 0.29) is 17.6 Å². The van der Waals surface area contributed by atoms with Gasteiger partial charge in [-0.3, -0.25) is 4.79 Å². The molecule has 1 spiro atoms. The summed E-state index contributed by atoms with van der Waals surface area (Å²) in [4.78, 5) is 18.7. The van der Waals surface area contributed by atoms with Crippen molar-refractivity contribution in [2.45, 2.75) is 51.4 Å². The summed E-state index contributed by atoms with van der Waals surface area (Å²) >= 11 is 1.66. The topological polar surface area (TPSA) is 51.7 Å². The molecule has 1 aromatic heterocycles. The zero-order chi connectivity index (χ0) is 16.0. The Hall–Kier alpha value is -0.980. The maximum absolute atomic E-state index is 12.3. The lowest BCUT2D eigenvalue weighted by atomic mass is 9.84. The van der Waals surface area contributed by atoms with Crippen LogP contribution >= 0.6 is 11.3 Å². The van der Waals surface area contributed by atoms with Crippen molar-refractivity contribution in [2.24, 2.45) is 11.8 Å². The third kappa shape index (κ3) is 3.16. The van der Waals surface area contributed by atoms with Gasteiger partial charge in [-0.25, -0.2) is 4.98 Å². The first kappa shape index (κ1) is 15.5. The zero-order valence-corrected chi connectivity index (χ0v) is 14.6. The highest BCUT2D eigenvalue weighted by atomic mass is 32.1. The molecule has 2 aliphatic heterocycles. The van der Waals surface area contributed by atoms with Gasteiger partial charge in [0.25, 0.3) is 0 Å². The Bertz CT molecular complexity index is 596. The second-order valence-corrected chi connectivity index (χ2v) is 8.39. The van der Waals surface area contributed by atoms with Crippen LogP contribution in [0.25, 0.3) is 0 Å². The fraction of sp³-hybridized carbons (Fsp3) is 0.765. The Morgan fingerprint density at radius 1 is 1.57 bits per heavy atom. The second kappa shape index (κ2) is 5.83. The number of thiazole rings is 1. The van der Waals surface area contributed by atoms with Crippen LogP contribution < -0.4 is 0 Å². The molecule has 0 unspecified atom stereocenters. The minimum absolute atomic E-state index is 0.158. The molecule has 5 nitrogen and oxygen atoms in total. The van der Waals surface area contributed by atoms with Crippen LogP contribution in [0.2, 0.25) is 0 Å². The number of nitrogens with zero attached hydrogens (tertiary/aromatic N) is 2. The van der Waals surface area contributed by atoms with Gasteiger partial charge in [0, 0.05) is 24.3 Å². The zero-order valence-electron chi connectivity index (χ0n) is 13.8. The van der Waals surface area contributed by atoms with Crippen LogP contribution in [0.3, 0.4) is 0 Å². The van der Waals surface area contributed by atoms with Crippen LogP contribution in [-0.2, 0) is 20.9 Å². The van der Waals surface area contributed by atoms with E-state index < -0.39 is 0 Å². The third-order valence-electron chi connectivity index (χ3n) is 5.28. The van der Waals surface area contributed by atoms with Crippen molar-refractivity contribution in [3.63, 3.8) is 0 Å². The van der Waals surface area contributed by atoms with Crippen molar-refractivity contribution in [3.05, 3.63) is 16.1 Å². The number of hydrogen-bond acceptors (Lipinski definition) is 5. The predicted molar refractivity (Wildman–Crippen MR) is 87.2 cm³/mol. The second-order valence-electron chi connectivity index (χ2n) is 7.33. The van der Waals surface area contributed by atoms with E-state index in [0.717, 1.165) is 49.7 Å². The number of carbonyl (C=O) groups is 1. The van der Waals surface area contributed by atoms with Crippen molar-refractivity contribution in [1.29, 1.82) is 0 Å². The molecule has 126 valence electrons. The van der Waals surface area contributed by atoms with Gasteiger partial charge in [-0.15, -0.1) is 11.3 Å². The minimum atomic E-state index is -0.158. The fourth-order valence-electron chi connectivity index (χ4n) is 3.73. The molecule has 6 heteroatoms. The lowest BCUT2D eigenvalue weighted by molar-refractivity contribution is -0.203. The largest absolute Gasteiger partial charge is 0.372 e. The van der Waals surface area contributed by atoms with E-state index >= 15 is 0 Å². The molecule has 2 saturated heterocycles. The standard InChI is InChI=1S/C17H24N2O3S/c1-11-5-15(11)16(20)19-9-17(10-19)6-14(3-4-22-17)21-7-13-8-23-12(2)18-13/h8,11,14-15H,3-7,9-10H2,1-2H3/t11-,14+,15+/m0/s1. The lowest BCUT2D eigenvalue weighted by Gasteiger charge is -2.53. The molecule has 3 atom stereocenters. The molecule has 0 radical (unpaired) electrons. The highest BCUT2D eigenvalue weighted by Gasteiger charge is 2.53. The molecule has 1 aromatic rings. The summed E-state index contributed by atoms with van der Waals surface area (Å²) in [6, 6.07) is 0. The molecule has 0 N–H and O–H groups in total. The number of aromatic nitrogens is 1. The Morgan fingerprint density at radius 2 is 2.35 bits per heavy atom. The number of hydrogen-bond donors (Lipinski definition) is 0. The summed E-state index contributed by atoms with van der Waals surface area (Å²) in [5.41, 5.74) is 0.857. The van der Waals surface area contributed by atoms with Gasteiger partial charge in [0.05, 0.1) is 36.5 Å². The Kier molecular flexibility index (Phi) is 3.94. The minimum Gasteiger partial charge on any atom is -0.372 e. The van der Waals surface area contributed by atoms with E-state index in [4.69, 9.17) is 9.47 Å². The molecule has 3 fully saturated rings. The Morgan fingerprint density at radius 3 is 3.00 bits per heavy atom. The Labute approximate surface area is 141 Å². The number of aryl methyl sites for hydroxylation is 1. The monoisotopic (exact) mass is 336 g/mol. The number of rotatable bonds is 4. The highest BCUT2D eigenvalue weighted by molar-refractivity contribution is 7.09. The normalized spacial score (nSPS) is 31.9. The average Bonchev–Trinajstić information content (AvgIpc) is 3.09. The summed E-state index contributed by atoms with van der Waals surface area (Å²) in [7, 11) is 0. The maximum Gasteiger partial charge on any atom is 0.226 e. The van der Waals surface area contributed by atoms with E-state index in [9.17, 15) is 4.79 Å². The van der Waals surface area contributed by atoms with Crippen LogP contribution in [0.1, 0.15) is 36.9 Å². The van der Waals surface area contributed by atoms with Gasteiger partial charge >= 0.3 is 0 Å². The van der Waals surface area contributed by atoms with Crippen LogP contribution in [0.15, 0.2) is 5.38 Å². The molecule has 1 aliphatic carbocycles. The number of carbonyl (C=O) groups excluding carboxylic acids is 1. The van der Waals surface area contributed by atoms with Gasteiger partial charge in [0.15, 0.2) is 0 Å². The molecule has 0 bridgehead atoms. The van der Waals surface area contributed by atoms with E-state index in [1.54, 1.807) is 11.3 Å². The van der Waals surface area contributed by atoms with Crippen LogP contribution in [0, 0.1) is 18.8 Å². The lowest BCUT2D eigenvalue weighted by Crippen LogP contribution is -2.67. The smallest absolute Gasteiger partial charge is 0.226 e. The first-order valence-electron chi connectivity index (χ1n) is 8.50. The third-order valence-corrected chi connectivity index (χ3v) is 6.10. The Balaban J connectivity index is 1.27. The summed E-state index contributed by atoms with van der Waals surface area (Å²) in [6.07, 6.45) is 3.09. The number of ether oxygens (including phenoxy) is 2. The summed E-state index contributed by atoms with van der Waals surface area (Å²) in [5, 5.41) is 3.14. The van der Waals surface area contributed by atoms with Gasteiger partial charge in [-0.2, -0.15) is 0 Å². The SMILES string of the molecule is Cc1nc(CO[C@@H]2CCOC3(C2)CN(C(=O)[C@@H]2C[C@@H]2C)C3)cs1. The molecular formula is C17H24N2O3S. The summed E-state index contributed by atoms with van der Waals surface area (Å²) in [6.45, 7) is 6.95. The van der Waals surface area contributed by atoms with Gasteiger partial charge < -0.3 is 14.4 Å². The van der Waals surface area contributed by atoms with Gasteiger partial charge in [-0.05, 0) is 25.7 Å². The average molecular weight is 336 g/mol. The molecule has 1 saturated carbocycles.